The molecule has 1 aromatic carbocycles. The van der Waals surface area contributed by atoms with Crippen LogP contribution in [0.3, 0.4) is 0 Å². The Labute approximate surface area is 164 Å². The van der Waals surface area contributed by atoms with Gasteiger partial charge in [0.15, 0.2) is 0 Å². The molecule has 0 aliphatic rings. The lowest BCUT2D eigenvalue weighted by atomic mass is 10.1. The fraction of sp³-hybridized carbons (Fsp3) is 0.667. The lowest BCUT2D eigenvalue weighted by molar-refractivity contribution is 0.0527. The van der Waals surface area contributed by atoms with Gasteiger partial charge in [-0.25, -0.2) is 4.79 Å². The molecule has 0 fully saturated rings. The Morgan fingerprint density at radius 3 is 2.31 bits per heavy atom. The van der Waals surface area contributed by atoms with Crippen molar-refractivity contribution in [3.05, 3.63) is 34.9 Å². The van der Waals surface area contributed by atoms with E-state index in [4.69, 9.17) is 22.1 Å². The van der Waals surface area contributed by atoms with Crippen molar-refractivity contribution in [1.29, 1.82) is 0 Å². The van der Waals surface area contributed by atoms with E-state index in [0.29, 0.717) is 12.6 Å². The maximum atomic E-state index is 11.4. The van der Waals surface area contributed by atoms with Gasteiger partial charge in [0.25, 0.3) is 0 Å². The Bertz CT molecular complexity index is 484. The summed E-state index contributed by atoms with van der Waals surface area (Å²) < 4.78 is 5.14. The molecule has 1 aromatic rings. The molecule has 0 spiro atoms. The molecule has 0 aromatic heterocycles. The molecule has 1 rings (SSSR count). The van der Waals surface area contributed by atoms with Crippen molar-refractivity contribution in [3.8, 4) is 0 Å². The van der Waals surface area contributed by atoms with Crippen LogP contribution in [0.4, 0.5) is 4.79 Å². The number of unbranched alkanes of at least 4 members (excludes halogenated alkanes) is 1. The number of halogens is 1. The molecule has 0 heterocycles. The zero-order chi connectivity index (χ0) is 20.0. The van der Waals surface area contributed by atoms with Crippen LogP contribution in [-0.2, 0) is 11.2 Å². The summed E-state index contributed by atoms with van der Waals surface area (Å²) in [6.45, 7) is 10.5. The van der Waals surface area contributed by atoms with Crippen molar-refractivity contribution >= 4 is 17.7 Å². The van der Waals surface area contributed by atoms with Crippen molar-refractivity contribution < 1.29 is 9.53 Å². The average molecular weight is 385 g/mol. The molecule has 4 nitrogen and oxygen atoms in total. The van der Waals surface area contributed by atoms with Crippen LogP contribution in [0.15, 0.2) is 24.3 Å². The molecule has 0 radical (unpaired) electrons. The first-order valence-corrected chi connectivity index (χ1v) is 10.0. The molecule has 1 unspecified atom stereocenters. The monoisotopic (exact) mass is 384 g/mol. The van der Waals surface area contributed by atoms with Crippen LogP contribution in [0.1, 0.15) is 72.3 Å². The molecule has 1 atom stereocenters. The summed E-state index contributed by atoms with van der Waals surface area (Å²) in [4.78, 5) is 11.4. The third-order valence-electron chi connectivity index (χ3n) is 3.68. The van der Waals surface area contributed by atoms with Crippen molar-refractivity contribution in [3.63, 3.8) is 0 Å². The van der Waals surface area contributed by atoms with Crippen molar-refractivity contribution in [1.82, 2.24) is 5.32 Å². The molecular weight excluding hydrogens is 348 g/mol. The summed E-state index contributed by atoms with van der Waals surface area (Å²) in [6.07, 6.45) is 6.31. The van der Waals surface area contributed by atoms with E-state index in [9.17, 15) is 4.79 Å². The van der Waals surface area contributed by atoms with Crippen LogP contribution in [-0.4, -0.2) is 24.3 Å². The number of hydrogen-bond donors (Lipinski definition) is 2. The van der Waals surface area contributed by atoms with Gasteiger partial charge in [-0.15, -0.1) is 0 Å². The van der Waals surface area contributed by atoms with E-state index in [2.05, 4.69) is 19.2 Å². The zero-order valence-corrected chi connectivity index (χ0v) is 17.9. The average Bonchev–Trinajstić information content (AvgIpc) is 2.57. The van der Waals surface area contributed by atoms with Crippen LogP contribution in [0, 0.1) is 0 Å². The van der Waals surface area contributed by atoms with E-state index in [0.717, 1.165) is 24.3 Å². The van der Waals surface area contributed by atoms with E-state index in [1.807, 2.05) is 45.0 Å². The zero-order valence-electron chi connectivity index (χ0n) is 17.1. The predicted molar refractivity (Wildman–Crippen MR) is 112 cm³/mol. The molecule has 0 bridgehead atoms. The van der Waals surface area contributed by atoms with E-state index in [-0.39, 0.29) is 6.09 Å². The first kappa shape index (κ1) is 24.7. The van der Waals surface area contributed by atoms with Gasteiger partial charge >= 0.3 is 6.09 Å². The minimum absolute atomic E-state index is 0.362. The number of carbonyl (C=O) groups excluding carboxylic acids is 1. The summed E-state index contributed by atoms with van der Waals surface area (Å²) >= 11 is 5.80. The Morgan fingerprint density at radius 1 is 1.19 bits per heavy atom. The van der Waals surface area contributed by atoms with Gasteiger partial charge < -0.3 is 15.8 Å². The fourth-order valence-corrected chi connectivity index (χ4v) is 2.24. The number of ether oxygens (including phenoxy) is 1. The molecular formula is C21H37ClN2O2. The highest BCUT2D eigenvalue weighted by Gasteiger charge is 2.15. The van der Waals surface area contributed by atoms with Gasteiger partial charge in [0.2, 0.25) is 0 Å². The number of rotatable bonds is 8. The number of carbonyl (C=O) groups is 1. The molecule has 0 saturated carbocycles. The highest BCUT2D eigenvalue weighted by atomic mass is 35.5. The maximum Gasteiger partial charge on any atom is 0.407 e. The summed E-state index contributed by atoms with van der Waals surface area (Å²) in [5.41, 5.74) is 6.43. The van der Waals surface area contributed by atoms with Gasteiger partial charge in [0.1, 0.15) is 5.60 Å². The number of amides is 1. The fourth-order valence-electron chi connectivity index (χ4n) is 2.12. The standard InChI is InChI=1S/C14H20ClNO2.C7H17N/c1-14(2,3)18-13(17)16-10-4-5-11-6-8-12(15)9-7-11;1-3-5-6-7(8)4-2/h6-9H,4-5,10H2,1-3H3,(H,16,17);7H,3-6,8H2,1-2H3. The molecule has 0 aliphatic carbocycles. The van der Waals surface area contributed by atoms with Gasteiger partial charge in [0, 0.05) is 17.6 Å². The van der Waals surface area contributed by atoms with E-state index in [1.54, 1.807) is 0 Å². The molecule has 0 saturated heterocycles. The number of benzene rings is 1. The van der Waals surface area contributed by atoms with E-state index >= 15 is 0 Å². The lowest BCUT2D eigenvalue weighted by Gasteiger charge is -2.19. The Morgan fingerprint density at radius 2 is 1.81 bits per heavy atom. The third-order valence-corrected chi connectivity index (χ3v) is 3.93. The first-order chi connectivity index (χ1) is 12.2. The molecule has 150 valence electrons. The molecule has 5 heteroatoms. The van der Waals surface area contributed by atoms with E-state index < -0.39 is 5.60 Å². The first-order valence-electron chi connectivity index (χ1n) is 9.64. The number of alkyl carbamates (subject to hydrolysis) is 1. The number of nitrogens with two attached hydrogens (primary N) is 1. The lowest BCUT2D eigenvalue weighted by Crippen LogP contribution is -2.33. The second-order valence-corrected chi connectivity index (χ2v) is 7.91. The highest BCUT2D eigenvalue weighted by molar-refractivity contribution is 6.30. The normalized spacial score (nSPS) is 12.0. The number of aryl methyl sites for hydroxylation is 1. The maximum absolute atomic E-state index is 11.4. The summed E-state index contributed by atoms with van der Waals surface area (Å²) in [7, 11) is 0. The van der Waals surface area contributed by atoms with Crippen molar-refractivity contribution in [2.24, 2.45) is 5.73 Å². The summed E-state index contributed by atoms with van der Waals surface area (Å²) in [6, 6.07) is 8.19. The number of nitrogens with one attached hydrogen (secondary N) is 1. The minimum Gasteiger partial charge on any atom is -0.444 e. The highest BCUT2D eigenvalue weighted by Crippen LogP contribution is 2.11. The van der Waals surface area contributed by atoms with Crippen LogP contribution in [0.5, 0.6) is 0 Å². The Balaban J connectivity index is 0.000000660. The molecule has 26 heavy (non-hydrogen) atoms. The smallest absolute Gasteiger partial charge is 0.407 e. The van der Waals surface area contributed by atoms with Crippen molar-refractivity contribution in [2.45, 2.75) is 84.8 Å². The molecule has 1 amide bonds. The predicted octanol–water partition coefficient (Wildman–Crippen LogP) is 5.71. The summed E-state index contributed by atoms with van der Waals surface area (Å²) in [5.74, 6) is 0. The van der Waals surface area contributed by atoms with Gasteiger partial charge in [-0.1, -0.05) is 50.4 Å². The third kappa shape index (κ3) is 15.0. The second kappa shape index (κ2) is 13.9. The Kier molecular flexibility index (Phi) is 13.2. The van der Waals surface area contributed by atoms with Crippen LogP contribution >= 0.6 is 11.6 Å². The SMILES string of the molecule is CC(C)(C)OC(=O)NCCCc1ccc(Cl)cc1.CCCCC(N)CC. The summed E-state index contributed by atoms with van der Waals surface area (Å²) in [5, 5.41) is 3.47. The van der Waals surface area contributed by atoms with Gasteiger partial charge in [-0.2, -0.15) is 0 Å². The van der Waals surface area contributed by atoms with Crippen LogP contribution < -0.4 is 11.1 Å². The largest absolute Gasteiger partial charge is 0.444 e. The van der Waals surface area contributed by atoms with Gasteiger partial charge in [-0.3, -0.25) is 0 Å². The quantitative estimate of drug-likeness (QED) is 0.564. The topological polar surface area (TPSA) is 64.3 Å². The van der Waals surface area contributed by atoms with Crippen molar-refractivity contribution in [2.75, 3.05) is 6.54 Å². The Hall–Kier alpha value is -1.26. The second-order valence-electron chi connectivity index (χ2n) is 7.47. The van der Waals surface area contributed by atoms with Gasteiger partial charge in [0.05, 0.1) is 0 Å². The van der Waals surface area contributed by atoms with E-state index in [1.165, 1.54) is 24.8 Å². The molecule has 3 N–H and O–H groups in total. The van der Waals surface area contributed by atoms with Crippen LogP contribution in [0.2, 0.25) is 5.02 Å². The van der Waals surface area contributed by atoms with Crippen LogP contribution in [0.25, 0.3) is 0 Å². The minimum atomic E-state index is -0.444. The number of hydrogen-bond acceptors (Lipinski definition) is 3. The molecule has 0 aliphatic heterocycles. The van der Waals surface area contributed by atoms with Gasteiger partial charge in [-0.05, 0) is 64.2 Å².